The van der Waals surface area contributed by atoms with Gasteiger partial charge < -0.3 is 15.4 Å². The van der Waals surface area contributed by atoms with Gasteiger partial charge in [-0.2, -0.15) is 10.1 Å². The highest BCUT2D eigenvalue weighted by Gasteiger charge is 2.09. The molecule has 2 N–H and O–H groups in total. The number of hydrogen-bond acceptors (Lipinski definition) is 6. The number of benzene rings is 2. The Morgan fingerprint density at radius 2 is 1.69 bits per heavy atom. The van der Waals surface area contributed by atoms with Crippen molar-refractivity contribution in [3.63, 3.8) is 0 Å². The third kappa shape index (κ3) is 4.08. The van der Waals surface area contributed by atoms with E-state index in [4.69, 9.17) is 4.74 Å². The number of nitrogens with one attached hydrogen (secondary N) is 2. The molecule has 134 valence electrons. The lowest BCUT2D eigenvalue weighted by Crippen LogP contribution is -2.06. The van der Waals surface area contributed by atoms with E-state index in [2.05, 4.69) is 57.9 Å². The predicted molar refractivity (Wildman–Crippen MR) is 105 cm³/mol. The van der Waals surface area contributed by atoms with Crippen LogP contribution in [0.5, 0.6) is 5.75 Å². The van der Waals surface area contributed by atoms with Crippen LogP contribution >= 0.6 is 0 Å². The Bertz CT molecular complexity index is 859. The van der Waals surface area contributed by atoms with E-state index in [1.54, 1.807) is 13.3 Å². The van der Waals surface area contributed by atoms with Gasteiger partial charge in [-0.05, 0) is 36.1 Å². The first-order valence-electron chi connectivity index (χ1n) is 8.72. The quantitative estimate of drug-likeness (QED) is 0.655. The maximum absolute atomic E-state index is 5.25. The van der Waals surface area contributed by atoms with Gasteiger partial charge in [0.15, 0.2) is 5.82 Å². The molecule has 1 aromatic heterocycles. The van der Waals surface area contributed by atoms with Crippen molar-refractivity contribution in [2.24, 2.45) is 0 Å². The summed E-state index contributed by atoms with van der Waals surface area (Å²) in [5, 5.41) is 14.8. The Morgan fingerprint density at radius 3 is 2.38 bits per heavy atom. The molecule has 26 heavy (non-hydrogen) atoms. The first-order valence-corrected chi connectivity index (χ1v) is 8.72. The van der Waals surface area contributed by atoms with Gasteiger partial charge in [0.05, 0.1) is 13.3 Å². The summed E-state index contributed by atoms with van der Waals surface area (Å²) in [6.07, 6.45) is 3.47. The van der Waals surface area contributed by atoms with Gasteiger partial charge in [-0.15, -0.1) is 5.10 Å². The first-order chi connectivity index (χ1) is 12.7. The number of ether oxygens (including phenoxy) is 1. The molecule has 0 aliphatic heterocycles. The largest absolute Gasteiger partial charge is 0.497 e. The Kier molecular flexibility index (Phi) is 5.63. The molecule has 0 atom stereocenters. The lowest BCUT2D eigenvalue weighted by Gasteiger charge is -2.14. The molecule has 0 radical (unpaired) electrons. The number of para-hydroxylation sites is 1. The predicted octanol–water partition coefficient (Wildman–Crippen LogP) is 4.49. The molecule has 0 aliphatic rings. The van der Waals surface area contributed by atoms with Gasteiger partial charge in [0.1, 0.15) is 5.75 Å². The molecule has 0 aliphatic carbocycles. The van der Waals surface area contributed by atoms with Gasteiger partial charge in [-0.25, -0.2) is 0 Å². The highest BCUT2D eigenvalue weighted by atomic mass is 16.5. The van der Waals surface area contributed by atoms with Crippen molar-refractivity contribution in [3.8, 4) is 5.75 Å². The van der Waals surface area contributed by atoms with Gasteiger partial charge >= 0.3 is 0 Å². The van der Waals surface area contributed by atoms with Crippen LogP contribution in [0.15, 0.2) is 48.7 Å². The first kappa shape index (κ1) is 17.7. The zero-order valence-corrected chi connectivity index (χ0v) is 15.3. The molecular weight excluding hydrogens is 326 g/mol. The summed E-state index contributed by atoms with van der Waals surface area (Å²) in [5.74, 6) is 1.86. The van der Waals surface area contributed by atoms with Crippen LogP contribution < -0.4 is 15.4 Å². The van der Waals surface area contributed by atoms with Crippen LogP contribution in [0, 0.1) is 0 Å². The van der Waals surface area contributed by atoms with Gasteiger partial charge in [0.25, 0.3) is 0 Å². The molecule has 1 heterocycles. The highest BCUT2D eigenvalue weighted by Crippen LogP contribution is 2.26. The normalized spacial score (nSPS) is 10.4. The molecule has 0 fully saturated rings. The van der Waals surface area contributed by atoms with Crippen molar-refractivity contribution >= 4 is 23.1 Å². The molecule has 0 bridgehead atoms. The van der Waals surface area contributed by atoms with E-state index in [1.165, 1.54) is 11.1 Å². The number of rotatable bonds is 7. The summed E-state index contributed by atoms with van der Waals surface area (Å²) in [7, 11) is 1.64. The van der Waals surface area contributed by atoms with E-state index in [9.17, 15) is 0 Å². The molecule has 3 rings (SSSR count). The second-order valence-electron chi connectivity index (χ2n) is 5.81. The lowest BCUT2D eigenvalue weighted by molar-refractivity contribution is 0.415. The van der Waals surface area contributed by atoms with Crippen LogP contribution in [0.4, 0.5) is 23.1 Å². The fourth-order valence-electron chi connectivity index (χ4n) is 2.78. The molecular formula is C20H23N5O. The van der Waals surface area contributed by atoms with Crippen LogP contribution in [0.1, 0.15) is 25.0 Å². The lowest BCUT2D eigenvalue weighted by atomic mass is 10.0. The summed E-state index contributed by atoms with van der Waals surface area (Å²) in [4.78, 5) is 4.53. The smallest absolute Gasteiger partial charge is 0.249 e. The van der Waals surface area contributed by atoms with Crippen molar-refractivity contribution in [2.45, 2.75) is 26.7 Å². The zero-order valence-electron chi connectivity index (χ0n) is 15.3. The molecule has 6 nitrogen and oxygen atoms in total. The molecule has 0 saturated heterocycles. The number of aromatic nitrogens is 3. The average Bonchev–Trinajstić information content (AvgIpc) is 2.68. The Balaban J connectivity index is 1.84. The monoisotopic (exact) mass is 349 g/mol. The maximum Gasteiger partial charge on any atom is 0.249 e. The number of hydrogen-bond donors (Lipinski definition) is 2. The standard InChI is InChI=1S/C20H23N5O/c1-4-14-8-6-9-15(5-2)19(14)24-20-23-18(13-21-25-20)22-16-10-7-11-17(12-16)26-3/h6-13H,4-5H2,1-3H3,(H2,22,23,24,25). The number of aryl methyl sites for hydroxylation is 2. The molecule has 0 amide bonds. The van der Waals surface area contributed by atoms with Crippen molar-refractivity contribution in [1.29, 1.82) is 0 Å². The van der Waals surface area contributed by atoms with E-state index in [-0.39, 0.29) is 0 Å². The van der Waals surface area contributed by atoms with E-state index in [1.807, 2.05) is 24.3 Å². The summed E-state index contributed by atoms with van der Waals surface area (Å²) in [5.41, 5.74) is 4.41. The average molecular weight is 349 g/mol. The Hall–Kier alpha value is -3.15. The summed E-state index contributed by atoms with van der Waals surface area (Å²) < 4.78 is 5.25. The van der Waals surface area contributed by atoms with Gasteiger partial charge in [0, 0.05) is 17.4 Å². The third-order valence-corrected chi connectivity index (χ3v) is 4.14. The fraction of sp³-hybridized carbons (Fsp3) is 0.250. The van der Waals surface area contributed by atoms with E-state index in [0.717, 1.165) is 30.0 Å². The second-order valence-corrected chi connectivity index (χ2v) is 5.81. The molecule has 0 spiro atoms. The van der Waals surface area contributed by atoms with Gasteiger partial charge in [0.2, 0.25) is 5.95 Å². The Morgan fingerprint density at radius 1 is 0.962 bits per heavy atom. The molecule has 3 aromatic rings. The topological polar surface area (TPSA) is 72.0 Å². The number of methoxy groups -OCH3 is 1. The van der Waals surface area contributed by atoms with E-state index < -0.39 is 0 Å². The third-order valence-electron chi connectivity index (χ3n) is 4.14. The van der Waals surface area contributed by atoms with Crippen molar-refractivity contribution in [2.75, 3.05) is 17.7 Å². The van der Waals surface area contributed by atoms with Crippen molar-refractivity contribution in [1.82, 2.24) is 15.2 Å². The highest BCUT2D eigenvalue weighted by molar-refractivity contribution is 5.65. The zero-order chi connectivity index (χ0) is 18.4. The van der Waals surface area contributed by atoms with E-state index in [0.29, 0.717) is 11.8 Å². The van der Waals surface area contributed by atoms with Crippen LogP contribution in [-0.2, 0) is 12.8 Å². The maximum atomic E-state index is 5.25. The molecule has 0 unspecified atom stereocenters. The Labute approximate surface area is 153 Å². The number of nitrogens with zero attached hydrogens (tertiary/aromatic N) is 3. The summed E-state index contributed by atoms with van der Waals surface area (Å²) in [6.45, 7) is 4.28. The van der Waals surface area contributed by atoms with Gasteiger partial charge in [-0.1, -0.05) is 38.1 Å². The number of anilines is 4. The molecule has 2 aromatic carbocycles. The van der Waals surface area contributed by atoms with Gasteiger partial charge in [-0.3, -0.25) is 0 Å². The second kappa shape index (κ2) is 8.29. The minimum Gasteiger partial charge on any atom is -0.497 e. The van der Waals surface area contributed by atoms with Crippen LogP contribution in [0.2, 0.25) is 0 Å². The van der Waals surface area contributed by atoms with Crippen molar-refractivity contribution in [3.05, 3.63) is 59.8 Å². The van der Waals surface area contributed by atoms with Crippen LogP contribution in [-0.4, -0.2) is 22.3 Å². The van der Waals surface area contributed by atoms with Crippen LogP contribution in [0.3, 0.4) is 0 Å². The molecule has 6 heteroatoms. The summed E-state index contributed by atoms with van der Waals surface area (Å²) >= 11 is 0. The molecule has 0 saturated carbocycles. The fourth-order valence-corrected chi connectivity index (χ4v) is 2.78. The summed E-state index contributed by atoms with van der Waals surface area (Å²) in [6, 6.07) is 14.0. The minimum atomic E-state index is 0.466. The van der Waals surface area contributed by atoms with Crippen LogP contribution in [0.25, 0.3) is 0 Å². The SMILES string of the molecule is CCc1cccc(CC)c1Nc1nncc(Nc2cccc(OC)c2)n1. The van der Waals surface area contributed by atoms with E-state index >= 15 is 0 Å². The van der Waals surface area contributed by atoms with Crippen molar-refractivity contribution < 1.29 is 4.74 Å². The minimum absolute atomic E-state index is 0.466.